The molecule has 212 valence electrons. The molecule has 10 nitrogen and oxygen atoms in total. The van der Waals surface area contributed by atoms with E-state index < -0.39 is 36.1 Å². The fourth-order valence-electron chi connectivity index (χ4n) is 4.16. The lowest BCUT2D eigenvalue weighted by Crippen LogP contribution is -2.45. The Balaban J connectivity index is 0.000000220. The van der Waals surface area contributed by atoms with Crippen molar-refractivity contribution in [2.45, 2.75) is 39.8 Å². The zero-order chi connectivity index (χ0) is 29.4. The number of carbonyl (C=O) groups is 4. The van der Waals surface area contributed by atoms with Crippen LogP contribution in [0, 0.1) is 11.6 Å². The number of esters is 2. The maximum absolute atomic E-state index is 13.0. The molecule has 2 atom stereocenters. The van der Waals surface area contributed by atoms with E-state index >= 15 is 0 Å². The van der Waals surface area contributed by atoms with Crippen LogP contribution >= 0.6 is 0 Å². The number of carbonyl (C=O) groups excluding carboxylic acids is 4. The van der Waals surface area contributed by atoms with Crippen LogP contribution in [-0.2, 0) is 19.1 Å². The fraction of sp³-hybridized carbons (Fsp3) is 0.286. The van der Waals surface area contributed by atoms with E-state index in [0.717, 1.165) is 0 Å². The van der Waals surface area contributed by atoms with E-state index in [2.05, 4.69) is 21.3 Å². The van der Waals surface area contributed by atoms with Crippen molar-refractivity contribution in [2.75, 3.05) is 13.2 Å². The van der Waals surface area contributed by atoms with Crippen LogP contribution in [0.5, 0.6) is 0 Å². The van der Waals surface area contributed by atoms with Gasteiger partial charge in [-0.2, -0.15) is 0 Å². The summed E-state index contributed by atoms with van der Waals surface area (Å²) in [6.07, 6.45) is 0. The van der Waals surface area contributed by atoms with Crippen molar-refractivity contribution >= 4 is 24.0 Å². The minimum atomic E-state index is -0.650. The lowest BCUT2D eigenvalue weighted by atomic mass is 9.95. The predicted molar refractivity (Wildman–Crippen MR) is 140 cm³/mol. The molecule has 0 fully saturated rings. The molecule has 12 heteroatoms. The molecule has 4 rings (SSSR count). The van der Waals surface area contributed by atoms with Gasteiger partial charge in [-0.05, 0) is 63.1 Å². The molecule has 4 amide bonds. The number of amides is 4. The minimum absolute atomic E-state index is 0.236. The second-order valence-electron chi connectivity index (χ2n) is 8.68. The van der Waals surface area contributed by atoms with Crippen LogP contribution in [-0.4, -0.2) is 37.2 Å². The average Bonchev–Trinajstić information content (AvgIpc) is 2.89. The molecule has 0 spiro atoms. The summed E-state index contributed by atoms with van der Waals surface area (Å²) in [6.45, 7) is 7.13. The normalized spacial score (nSPS) is 18.4. The van der Waals surface area contributed by atoms with Crippen molar-refractivity contribution in [3.8, 4) is 0 Å². The van der Waals surface area contributed by atoms with E-state index in [0.29, 0.717) is 33.7 Å². The van der Waals surface area contributed by atoms with Gasteiger partial charge in [0.15, 0.2) is 0 Å². The van der Waals surface area contributed by atoms with Crippen LogP contribution in [0.1, 0.15) is 50.9 Å². The topological polar surface area (TPSA) is 135 Å². The summed E-state index contributed by atoms with van der Waals surface area (Å²) in [5.74, 6) is -1.78. The highest BCUT2D eigenvalue weighted by atomic mass is 19.1. The molecular formula is C28H30F2N4O6. The van der Waals surface area contributed by atoms with E-state index in [9.17, 15) is 28.0 Å². The zero-order valence-corrected chi connectivity index (χ0v) is 22.4. The van der Waals surface area contributed by atoms with Gasteiger partial charge in [0.25, 0.3) is 0 Å². The molecule has 0 radical (unpaired) electrons. The van der Waals surface area contributed by atoms with Crippen molar-refractivity contribution in [2.24, 2.45) is 0 Å². The van der Waals surface area contributed by atoms with Crippen LogP contribution in [0.2, 0.25) is 0 Å². The van der Waals surface area contributed by atoms with E-state index in [1.807, 2.05) is 0 Å². The summed E-state index contributed by atoms with van der Waals surface area (Å²) >= 11 is 0. The summed E-state index contributed by atoms with van der Waals surface area (Å²) in [5, 5.41) is 10.4. The summed E-state index contributed by atoms with van der Waals surface area (Å²) in [7, 11) is 0. The summed E-state index contributed by atoms with van der Waals surface area (Å²) < 4.78 is 36.0. The predicted octanol–water partition coefficient (Wildman–Crippen LogP) is 4.03. The van der Waals surface area contributed by atoms with Gasteiger partial charge in [-0.25, -0.2) is 28.0 Å². The average molecular weight is 557 g/mol. The Labute approximate surface area is 229 Å². The lowest BCUT2D eigenvalue weighted by molar-refractivity contribution is -0.140. The number of nitrogens with one attached hydrogen (secondary N) is 4. The van der Waals surface area contributed by atoms with Crippen LogP contribution in [0.25, 0.3) is 0 Å². The Bertz CT molecular complexity index is 1240. The maximum Gasteiger partial charge on any atom is 0.338 e. The molecule has 0 aromatic heterocycles. The van der Waals surface area contributed by atoms with Gasteiger partial charge < -0.3 is 30.7 Å². The van der Waals surface area contributed by atoms with Crippen LogP contribution in [0.4, 0.5) is 18.4 Å². The highest BCUT2D eigenvalue weighted by molar-refractivity contribution is 5.95. The first-order valence-electron chi connectivity index (χ1n) is 12.5. The van der Waals surface area contributed by atoms with Crippen LogP contribution < -0.4 is 21.3 Å². The molecule has 0 aliphatic carbocycles. The van der Waals surface area contributed by atoms with Gasteiger partial charge in [-0.15, -0.1) is 0 Å². The van der Waals surface area contributed by atoms with Gasteiger partial charge in [0.2, 0.25) is 0 Å². The van der Waals surface area contributed by atoms with E-state index in [1.54, 1.807) is 27.7 Å². The Hall–Kier alpha value is -4.74. The van der Waals surface area contributed by atoms with Crippen molar-refractivity contribution in [3.05, 3.63) is 93.8 Å². The first-order valence-corrected chi connectivity index (χ1v) is 12.5. The smallest absolute Gasteiger partial charge is 0.338 e. The molecule has 0 saturated carbocycles. The second kappa shape index (κ2) is 13.4. The van der Waals surface area contributed by atoms with Crippen molar-refractivity contribution in [1.29, 1.82) is 0 Å². The Morgan fingerprint density at radius 1 is 0.675 bits per heavy atom. The number of urea groups is 2. The summed E-state index contributed by atoms with van der Waals surface area (Å²) in [6, 6.07) is 9.10. The van der Waals surface area contributed by atoms with E-state index in [1.165, 1.54) is 48.5 Å². The van der Waals surface area contributed by atoms with Crippen molar-refractivity contribution in [1.82, 2.24) is 21.3 Å². The Kier molecular flexibility index (Phi) is 9.96. The summed E-state index contributed by atoms with van der Waals surface area (Å²) in [5.41, 5.74) is 2.73. The van der Waals surface area contributed by atoms with Gasteiger partial charge in [-0.1, -0.05) is 24.3 Å². The van der Waals surface area contributed by atoms with Gasteiger partial charge in [-0.3, -0.25) is 0 Å². The molecule has 2 aromatic carbocycles. The molecule has 0 unspecified atom stereocenters. The minimum Gasteiger partial charge on any atom is -0.463 e. The molecule has 0 bridgehead atoms. The monoisotopic (exact) mass is 556 g/mol. The quantitative estimate of drug-likeness (QED) is 0.397. The Morgan fingerprint density at radius 3 is 1.30 bits per heavy atom. The SMILES string of the molecule is CCOC(=O)C1=C(C)NC(=O)N[C@@H]1c1ccc(F)cc1.CCOC(=O)C1=C(C)NC(=O)N[C@@H]1c1ccc(F)cc1. The Morgan fingerprint density at radius 2 is 1.00 bits per heavy atom. The van der Waals surface area contributed by atoms with Crippen LogP contribution in [0.15, 0.2) is 71.1 Å². The maximum atomic E-state index is 13.0. The van der Waals surface area contributed by atoms with Gasteiger partial charge in [0.05, 0.1) is 36.4 Å². The number of hydrogen-bond donors (Lipinski definition) is 4. The number of ether oxygens (including phenoxy) is 2. The third kappa shape index (κ3) is 7.22. The number of halogens is 2. The first kappa shape index (κ1) is 29.8. The highest BCUT2D eigenvalue weighted by Crippen LogP contribution is 2.28. The van der Waals surface area contributed by atoms with Gasteiger partial charge in [0, 0.05) is 11.4 Å². The number of hydrogen-bond acceptors (Lipinski definition) is 6. The lowest BCUT2D eigenvalue weighted by Gasteiger charge is -2.28. The molecule has 2 heterocycles. The highest BCUT2D eigenvalue weighted by Gasteiger charge is 2.33. The largest absolute Gasteiger partial charge is 0.463 e. The zero-order valence-electron chi connectivity index (χ0n) is 22.4. The number of benzene rings is 2. The molecule has 4 N–H and O–H groups in total. The number of allylic oxidation sites excluding steroid dienone is 2. The van der Waals surface area contributed by atoms with Gasteiger partial charge in [0.1, 0.15) is 11.6 Å². The van der Waals surface area contributed by atoms with E-state index in [4.69, 9.17) is 9.47 Å². The number of rotatable bonds is 6. The second-order valence-corrected chi connectivity index (χ2v) is 8.68. The van der Waals surface area contributed by atoms with Crippen molar-refractivity contribution in [3.63, 3.8) is 0 Å². The molecule has 2 aliphatic rings. The molecule has 40 heavy (non-hydrogen) atoms. The first-order chi connectivity index (χ1) is 19.0. The molecular weight excluding hydrogens is 526 g/mol. The fourth-order valence-corrected chi connectivity index (χ4v) is 4.16. The summed E-state index contributed by atoms with van der Waals surface area (Å²) in [4.78, 5) is 47.2. The van der Waals surface area contributed by atoms with Crippen molar-refractivity contribution < 1.29 is 37.4 Å². The molecule has 0 saturated heterocycles. The molecule has 2 aromatic rings. The van der Waals surface area contributed by atoms with Gasteiger partial charge >= 0.3 is 24.0 Å². The van der Waals surface area contributed by atoms with Crippen LogP contribution in [0.3, 0.4) is 0 Å². The third-order valence-corrected chi connectivity index (χ3v) is 5.94. The molecule has 2 aliphatic heterocycles. The standard InChI is InChI=1S/2C14H15FN2O3/c2*1-3-20-13(18)11-8(2)16-14(19)17-12(11)9-4-6-10(15)7-5-9/h2*4-7,12H,3H2,1-2H3,(H2,16,17,19)/t2*12-/m11/s1. The van der Waals surface area contributed by atoms with E-state index in [-0.39, 0.29) is 24.8 Å². The third-order valence-electron chi connectivity index (χ3n) is 5.94.